The molecule has 17 heteroatoms. The standard InChI is InChI=1S/C32H45N7O10/c1-2-14-49-32(48)39-22(15-19-8-10-20(11-9-19)27(34)35)29(44)36-21(12-13-26(41)42)28(43)37-23(17-25(33)40)30(45)38-24(31(46)47)16-18-6-4-3-5-7-18/h2,8-11,18,21-24H,1,3-7,12-17H2,(H2,33,40)(H3,34,35)(H,36,44)(H,37,43)(H,38,45)(H,39,48)(H,41,42)(H,46,47)/t21-,22-,23-,24-/m0/s1. The van der Waals surface area contributed by atoms with Gasteiger partial charge in [0, 0.05) is 18.4 Å². The highest BCUT2D eigenvalue weighted by molar-refractivity contribution is 5.97. The summed E-state index contributed by atoms with van der Waals surface area (Å²) >= 11 is 0. The third-order valence-electron chi connectivity index (χ3n) is 7.87. The van der Waals surface area contributed by atoms with Crippen molar-refractivity contribution in [3.05, 3.63) is 48.0 Å². The van der Waals surface area contributed by atoms with E-state index in [0.29, 0.717) is 11.1 Å². The summed E-state index contributed by atoms with van der Waals surface area (Å²) in [4.78, 5) is 87.7. The van der Waals surface area contributed by atoms with Crippen molar-refractivity contribution in [2.75, 3.05) is 6.61 Å². The molecule has 0 bridgehead atoms. The van der Waals surface area contributed by atoms with Crippen LogP contribution in [0.2, 0.25) is 0 Å². The molecule has 0 aromatic heterocycles. The van der Waals surface area contributed by atoms with E-state index in [1.165, 1.54) is 18.2 Å². The van der Waals surface area contributed by atoms with Gasteiger partial charge in [0.05, 0.1) is 6.42 Å². The molecule has 0 saturated heterocycles. The lowest BCUT2D eigenvalue weighted by Gasteiger charge is -2.27. The molecule has 0 radical (unpaired) electrons. The number of hydrogen-bond acceptors (Lipinski definition) is 9. The van der Waals surface area contributed by atoms with Crippen molar-refractivity contribution in [1.82, 2.24) is 21.3 Å². The first-order valence-electron chi connectivity index (χ1n) is 15.8. The quantitative estimate of drug-likeness (QED) is 0.0501. The Morgan fingerprint density at radius 1 is 0.857 bits per heavy atom. The Morgan fingerprint density at radius 2 is 1.43 bits per heavy atom. The van der Waals surface area contributed by atoms with Crippen LogP contribution in [0.15, 0.2) is 36.9 Å². The molecule has 1 aromatic carbocycles. The SMILES string of the molecule is C=CCOC(=O)N[C@@H](Cc1ccc(C(=N)N)cc1)C(=O)N[C@@H](CCC(=O)O)C(=O)N[C@@H](CC(N)=O)C(=O)N[C@@H](CC1CCCCC1)C(=O)O. The highest BCUT2D eigenvalue weighted by Gasteiger charge is 2.33. The van der Waals surface area contributed by atoms with Gasteiger partial charge in [-0.1, -0.05) is 69.0 Å². The summed E-state index contributed by atoms with van der Waals surface area (Å²) in [7, 11) is 0. The van der Waals surface area contributed by atoms with E-state index in [-0.39, 0.29) is 31.2 Å². The Bertz CT molecular complexity index is 1380. The van der Waals surface area contributed by atoms with Crippen LogP contribution in [0.1, 0.15) is 68.9 Å². The number of nitrogens with two attached hydrogens (primary N) is 2. The molecule has 11 N–H and O–H groups in total. The van der Waals surface area contributed by atoms with Crippen LogP contribution in [0.25, 0.3) is 0 Å². The molecule has 1 aliphatic rings. The van der Waals surface area contributed by atoms with Gasteiger partial charge >= 0.3 is 18.0 Å². The fraction of sp³-hybridized carbons (Fsp3) is 0.500. The molecule has 5 amide bonds. The van der Waals surface area contributed by atoms with E-state index in [9.17, 15) is 43.8 Å². The van der Waals surface area contributed by atoms with Crippen LogP contribution in [0.4, 0.5) is 4.79 Å². The molecule has 1 saturated carbocycles. The number of amidine groups is 1. The van der Waals surface area contributed by atoms with Gasteiger partial charge in [-0.05, 0) is 24.3 Å². The first kappa shape index (κ1) is 39.7. The van der Waals surface area contributed by atoms with Gasteiger partial charge in [-0.25, -0.2) is 9.59 Å². The molecule has 17 nitrogen and oxygen atoms in total. The second-order valence-corrected chi connectivity index (χ2v) is 11.8. The zero-order valence-corrected chi connectivity index (χ0v) is 27.1. The molecular weight excluding hydrogens is 642 g/mol. The first-order valence-corrected chi connectivity index (χ1v) is 15.8. The monoisotopic (exact) mass is 687 g/mol. The van der Waals surface area contributed by atoms with Crippen molar-refractivity contribution in [2.45, 2.75) is 88.4 Å². The molecule has 4 atom stereocenters. The Hall–Kier alpha value is -5.48. The van der Waals surface area contributed by atoms with E-state index in [1.54, 1.807) is 12.1 Å². The number of ether oxygens (including phenoxy) is 1. The third kappa shape index (κ3) is 14.4. The van der Waals surface area contributed by atoms with Crippen molar-refractivity contribution in [3.63, 3.8) is 0 Å². The van der Waals surface area contributed by atoms with Gasteiger partial charge < -0.3 is 47.7 Å². The van der Waals surface area contributed by atoms with Crippen LogP contribution in [-0.4, -0.2) is 88.5 Å². The first-order chi connectivity index (χ1) is 23.2. The highest BCUT2D eigenvalue weighted by atomic mass is 16.5. The molecule has 2 rings (SSSR count). The Morgan fingerprint density at radius 3 is 1.98 bits per heavy atom. The predicted octanol–water partition coefficient (Wildman–Crippen LogP) is 0.0436. The van der Waals surface area contributed by atoms with E-state index >= 15 is 0 Å². The summed E-state index contributed by atoms with van der Waals surface area (Å²) in [6.45, 7) is 3.27. The average Bonchev–Trinajstić information content (AvgIpc) is 3.04. The number of carboxylic acid groups (broad SMARTS) is 2. The van der Waals surface area contributed by atoms with Gasteiger partial charge in [0.2, 0.25) is 23.6 Å². The molecule has 1 aliphatic carbocycles. The summed E-state index contributed by atoms with van der Waals surface area (Å²) in [5, 5.41) is 36.0. The van der Waals surface area contributed by atoms with Crippen molar-refractivity contribution >= 4 is 47.5 Å². The fourth-order valence-corrected chi connectivity index (χ4v) is 5.33. The number of rotatable bonds is 20. The lowest BCUT2D eigenvalue weighted by molar-refractivity contribution is -0.143. The minimum atomic E-state index is -1.65. The van der Waals surface area contributed by atoms with Crippen LogP contribution >= 0.6 is 0 Å². The van der Waals surface area contributed by atoms with Crippen LogP contribution in [-0.2, 0) is 39.9 Å². The number of amides is 5. The van der Waals surface area contributed by atoms with Crippen molar-refractivity contribution < 1.29 is 48.5 Å². The number of alkyl carbamates (subject to hydrolysis) is 1. The number of hydrogen-bond donors (Lipinski definition) is 9. The van der Waals surface area contributed by atoms with Crippen molar-refractivity contribution in [3.8, 4) is 0 Å². The van der Waals surface area contributed by atoms with Gasteiger partial charge in [-0.15, -0.1) is 0 Å². The van der Waals surface area contributed by atoms with E-state index in [4.69, 9.17) is 21.6 Å². The number of benzene rings is 1. The average molecular weight is 688 g/mol. The zero-order chi connectivity index (χ0) is 36.5. The summed E-state index contributed by atoms with van der Waals surface area (Å²) in [6, 6.07) is 0.286. The highest BCUT2D eigenvalue weighted by Crippen LogP contribution is 2.27. The Labute approximate surface area is 283 Å². The summed E-state index contributed by atoms with van der Waals surface area (Å²) in [6.07, 6.45) is 3.06. The fourth-order valence-electron chi connectivity index (χ4n) is 5.33. The van der Waals surface area contributed by atoms with Gasteiger partial charge in [-0.3, -0.25) is 29.4 Å². The molecule has 1 aromatic rings. The predicted molar refractivity (Wildman–Crippen MR) is 175 cm³/mol. The van der Waals surface area contributed by atoms with Crippen LogP contribution in [0.5, 0.6) is 0 Å². The van der Waals surface area contributed by atoms with E-state index in [1.807, 2.05) is 0 Å². The summed E-state index contributed by atoms with van der Waals surface area (Å²) in [5.74, 6) is -6.71. The molecule has 0 spiro atoms. The number of carbonyl (C=O) groups is 7. The number of carboxylic acids is 2. The molecule has 0 unspecified atom stereocenters. The largest absolute Gasteiger partial charge is 0.481 e. The van der Waals surface area contributed by atoms with Crippen LogP contribution in [0, 0.1) is 11.3 Å². The van der Waals surface area contributed by atoms with E-state index < -0.39 is 85.1 Å². The van der Waals surface area contributed by atoms with Crippen molar-refractivity contribution in [2.24, 2.45) is 17.4 Å². The lowest BCUT2D eigenvalue weighted by atomic mass is 9.85. The zero-order valence-electron chi connectivity index (χ0n) is 27.1. The smallest absolute Gasteiger partial charge is 0.408 e. The third-order valence-corrected chi connectivity index (χ3v) is 7.87. The van der Waals surface area contributed by atoms with Crippen LogP contribution < -0.4 is 32.7 Å². The van der Waals surface area contributed by atoms with Gasteiger partial charge in [0.15, 0.2) is 0 Å². The van der Waals surface area contributed by atoms with E-state index in [2.05, 4.69) is 27.8 Å². The molecule has 268 valence electrons. The second kappa shape index (κ2) is 20.0. The minimum absolute atomic E-state index is 0.0672. The number of primary amides is 1. The number of nitrogen functional groups attached to an aromatic ring is 1. The van der Waals surface area contributed by atoms with Gasteiger partial charge in [0.1, 0.15) is 36.6 Å². The number of carbonyl (C=O) groups excluding carboxylic acids is 5. The van der Waals surface area contributed by atoms with Gasteiger partial charge in [-0.2, -0.15) is 0 Å². The maximum atomic E-state index is 13.5. The lowest BCUT2D eigenvalue weighted by Crippen LogP contribution is -2.58. The van der Waals surface area contributed by atoms with Gasteiger partial charge in [0.25, 0.3) is 0 Å². The molecule has 1 fully saturated rings. The van der Waals surface area contributed by atoms with E-state index in [0.717, 1.165) is 32.1 Å². The summed E-state index contributed by atoms with van der Waals surface area (Å²) < 4.78 is 4.92. The molecular formula is C32H45N7O10. The Kier molecular flexibility index (Phi) is 16.2. The maximum Gasteiger partial charge on any atom is 0.408 e. The van der Waals surface area contributed by atoms with Crippen molar-refractivity contribution in [1.29, 1.82) is 5.41 Å². The number of aliphatic carboxylic acids is 2. The second-order valence-electron chi connectivity index (χ2n) is 11.8. The maximum absolute atomic E-state index is 13.5. The molecule has 49 heavy (non-hydrogen) atoms. The minimum Gasteiger partial charge on any atom is -0.481 e. The molecule has 0 heterocycles. The van der Waals surface area contributed by atoms with Crippen LogP contribution in [0.3, 0.4) is 0 Å². The topological polar surface area (TPSA) is 293 Å². The molecule has 0 aliphatic heterocycles. The summed E-state index contributed by atoms with van der Waals surface area (Å²) in [5.41, 5.74) is 11.7. The number of nitrogens with one attached hydrogen (secondary N) is 5. The Balaban J connectivity index is 2.27. The normalized spacial score (nSPS) is 15.3.